The van der Waals surface area contributed by atoms with Gasteiger partial charge in [0.15, 0.2) is 0 Å². The fraction of sp³-hybridized carbons (Fsp3) is 0.455. The minimum atomic E-state index is -3.69. The van der Waals surface area contributed by atoms with E-state index in [1.807, 2.05) is 12.1 Å². The molecule has 5 heteroatoms. The van der Waals surface area contributed by atoms with E-state index < -0.39 is 10.0 Å². The van der Waals surface area contributed by atoms with Gasteiger partial charge in [-0.1, -0.05) is 58.9 Å². The first-order valence-corrected chi connectivity index (χ1v) is 10.7. The Morgan fingerprint density at radius 2 is 1.52 bits per heavy atom. The van der Waals surface area contributed by atoms with E-state index in [1.165, 1.54) is 16.7 Å². The Hall–Kier alpha value is -1.69. The van der Waals surface area contributed by atoms with Crippen molar-refractivity contribution in [1.29, 1.82) is 0 Å². The van der Waals surface area contributed by atoms with E-state index in [0.29, 0.717) is 0 Å². The van der Waals surface area contributed by atoms with Crippen LogP contribution < -0.4 is 5.14 Å². The lowest BCUT2D eigenvalue weighted by atomic mass is 9.76. The zero-order valence-electron chi connectivity index (χ0n) is 17.1. The Morgan fingerprint density at radius 1 is 0.963 bits per heavy atom. The lowest BCUT2D eigenvalue weighted by Gasteiger charge is -2.29. The minimum Gasteiger partial charge on any atom is -0.392 e. The van der Waals surface area contributed by atoms with Gasteiger partial charge < -0.3 is 5.11 Å². The highest BCUT2D eigenvalue weighted by atomic mass is 32.2. The lowest BCUT2D eigenvalue weighted by Crippen LogP contribution is -2.22. The third kappa shape index (κ3) is 4.98. The predicted octanol–water partition coefficient (Wildman–Crippen LogP) is 3.95. The number of rotatable bonds is 5. The van der Waals surface area contributed by atoms with Crippen molar-refractivity contribution in [2.75, 3.05) is 0 Å². The summed E-state index contributed by atoms with van der Waals surface area (Å²) in [6.07, 6.45) is 0.783. The molecule has 0 radical (unpaired) electrons. The van der Waals surface area contributed by atoms with Gasteiger partial charge in [0.2, 0.25) is 10.0 Å². The van der Waals surface area contributed by atoms with Gasteiger partial charge in [0.25, 0.3) is 0 Å². The summed E-state index contributed by atoms with van der Waals surface area (Å²) >= 11 is 0. The van der Waals surface area contributed by atoms with Crippen LogP contribution in [0, 0.1) is 6.92 Å². The number of aryl methyl sites for hydroxylation is 1. The van der Waals surface area contributed by atoms with Gasteiger partial charge in [0, 0.05) is 0 Å². The zero-order valence-corrected chi connectivity index (χ0v) is 17.9. The molecule has 2 aromatic rings. The number of primary sulfonamides is 1. The predicted molar refractivity (Wildman–Crippen MR) is 110 cm³/mol. The highest BCUT2D eigenvalue weighted by molar-refractivity contribution is 7.89. The molecule has 0 amide bonds. The molecule has 0 aliphatic carbocycles. The van der Waals surface area contributed by atoms with Crippen LogP contribution >= 0.6 is 0 Å². The topological polar surface area (TPSA) is 80.4 Å². The summed E-state index contributed by atoms with van der Waals surface area (Å²) in [5.41, 5.74) is 5.33. The molecular weight excluding hydrogens is 358 g/mol. The molecule has 0 fully saturated rings. The molecule has 0 aliphatic rings. The molecule has 4 nitrogen and oxygen atoms in total. The maximum atomic E-state index is 11.5. The van der Waals surface area contributed by atoms with E-state index in [9.17, 15) is 13.5 Å². The second-order valence-electron chi connectivity index (χ2n) is 8.97. The van der Waals surface area contributed by atoms with Crippen molar-refractivity contribution >= 4 is 10.0 Å². The third-order valence-electron chi connectivity index (χ3n) is 5.14. The molecule has 2 aromatic carbocycles. The molecule has 0 unspecified atom stereocenters. The van der Waals surface area contributed by atoms with E-state index >= 15 is 0 Å². The fourth-order valence-electron chi connectivity index (χ4n) is 3.50. The van der Waals surface area contributed by atoms with Gasteiger partial charge in [-0.15, -0.1) is 0 Å². The number of hydrogen-bond acceptors (Lipinski definition) is 3. The molecule has 27 heavy (non-hydrogen) atoms. The molecule has 0 aliphatic heterocycles. The van der Waals surface area contributed by atoms with Crippen molar-refractivity contribution in [3.8, 4) is 0 Å². The molecule has 3 N–H and O–H groups in total. The van der Waals surface area contributed by atoms with Crippen LogP contribution in [0.15, 0.2) is 41.3 Å². The smallest absolute Gasteiger partial charge is 0.238 e. The Kier molecular flexibility index (Phi) is 5.91. The summed E-state index contributed by atoms with van der Waals surface area (Å²) in [7, 11) is -3.69. The quantitative estimate of drug-likeness (QED) is 0.812. The van der Waals surface area contributed by atoms with Crippen molar-refractivity contribution < 1.29 is 13.5 Å². The maximum absolute atomic E-state index is 11.5. The van der Waals surface area contributed by atoms with E-state index in [2.05, 4.69) is 53.7 Å². The van der Waals surface area contributed by atoms with Crippen LogP contribution in [0.25, 0.3) is 0 Å². The molecule has 0 saturated heterocycles. The van der Waals surface area contributed by atoms with Crippen LogP contribution in [0.4, 0.5) is 0 Å². The number of hydrogen-bond donors (Lipinski definition) is 2. The molecular formula is C22H31NO3S. The SMILES string of the molecule is Cc1cc(C(C)(C)C)c(CO)cc1CC(C)(C)c1ccc(S(N)(=O)=O)cc1. The number of aliphatic hydroxyl groups is 1. The zero-order chi connectivity index (χ0) is 20.6. The number of nitrogens with two attached hydrogens (primary N) is 1. The number of aliphatic hydroxyl groups excluding tert-OH is 1. The second kappa shape index (κ2) is 7.38. The third-order valence-corrected chi connectivity index (χ3v) is 6.07. The Labute approximate surface area is 163 Å². The summed E-state index contributed by atoms with van der Waals surface area (Å²) < 4.78 is 22.9. The van der Waals surface area contributed by atoms with Gasteiger partial charge >= 0.3 is 0 Å². The van der Waals surface area contributed by atoms with Gasteiger partial charge in [-0.2, -0.15) is 0 Å². The molecule has 0 bridgehead atoms. The van der Waals surface area contributed by atoms with Gasteiger partial charge in [-0.25, -0.2) is 13.6 Å². The number of sulfonamides is 1. The summed E-state index contributed by atoms with van der Waals surface area (Å²) in [5.74, 6) is 0. The molecule has 148 valence electrons. The van der Waals surface area contributed by atoms with Crippen LogP contribution in [0.3, 0.4) is 0 Å². The summed E-state index contributed by atoms with van der Waals surface area (Å²) in [4.78, 5) is 0.121. The molecule has 0 aromatic heterocycles. The first kappa shape index (κ1) is 21.6. The fourth-order valence-corrected chi connectivity index (χ4v) is 4.01. The Morgan fingerprint density at radius 3 is 1.96 bits per heavy atom. The summed E-state index contributed by atoms with van der Waals surface area (Å²) in [6.45, 7) is 12.8. The van der Waals surface area contributed by atoms with Crippen molar-refractivity contribution in [2.45, 2.75) is 70.3 Å². The van der Waals surface area contributed by atoms with Crippen LogP contribution in [0.1, 0.15) is 62.4 Å². The van der Waals surface area contributed by atoms with Gasteiger partial charge in [0.1, 0.15) is 0 Å². The Bertz CT molecular complexity index is 921. The van der Waals surface area contributed by atoms with E-state index in [-0.39, 0.29) is 22.3 Å². The van der Waals surface area contributed by atoms with E-state index in [4.69, 9.17) is 5.14 Å². The van der Waals surface area contributed by atoms with Crippen LogP contribution in [-0.2, 0) is 33.9 Å². The monoisotopic (exact) mass is 389 g/mol. The molecule has 0 atom stereocenters. The maximum Gasteiger partial charge on any atom is 0.238 e. The van der Waals surface area contributed by atoms with Crippen molar-refractivity contribution in [2.24, 2.45) is 5.14 Å². The minimum absolute atomic E-state index is 0.0172. The molecule has 0 heterocycles. The first-order valence-electron chi connectivity index (χ1n) is 9.13. The lowest BCUT2D eigenvalue weighted by molar-refractivity contribution is 0.278. The van der Waals surface area contributed by atoms with Crippen molar-refractivity contribution in [3.05, 3.63) is 64.2 Å². The first-order chi connectivity index (χ1) is 12.3. The molecule has 0 saturated carbocycles. The van der Waals surface area contributed by atoms with Crippen molar-refractivity contribution in [1.82, 2.24) is 0 Å². The molecule has 2 rings (SSSR count). The van der Waals surface area contributed by atoms with Gasteiger partial charge in [-0.3, -0.25) is 0 Å². The summed E-state index contributed by atoms with van der Waals surface area (Å²) in [5, 5.41) is 15.0. The highest BCUT2D eigenvalue weighted by Gasteiger charge is 2.25. The Balaban J connectivity index is 2.40. The average molecular weight is 390 g/mol. The van der Waals surface area contributed by atoms with Gasteiger partial charge in [0.05, 0.1) is 11.5 Å². The van der Waals surface area contributed by atoms with E-state index in [1.54, 1.807) is 12.1 Å². The average Bonchev–Trinajstić information content (AvgIpc) is 2.54. The van der Waals surface area contributed by atoms with Crippen molar-refractivity contribution in [3.63, 3.8) is 0 Å². The largest absolute Gasteiger partial charge is 0.392 e. The highest BCUT2D eigenvalue weighted by Crippen LogP contribution is 2.33. The van der Waals surface area contributed by atoms with Gasteiger partial charge in [-0.05, 0) is 64.1 Å². The van der Waals surface area contributed by atoms with Crippen LogP contribution in [0.5, 0.6) is 0 Å². The normalized spacial score (nSPS) is 13.0. The second-order valence-corrected chi connectivity index (χ2v) is 10.5. The number of benzene rings is 2. The van der Waals surface area contributed by atoms with E-state index in [0.717, 1.165) is 17.5 Å². The summed E-state index contributed by atoms with van der Waals surface area (Å²) in [6, 6.07) is 11.1. The van der Waals surface area contributed by atoms with Crippen LogP contribution in [-0.4, -0.2) is 13.5 Å². The standard InChI is InChI=1S/C22H31NO3S/c1-15-11-20(21(2,3)4)17(14-24)12-16(15)13-22(5,6)18-7-9-19(10-8-18)27(23,25)26/h7-12,24H,13-14H2,1-6H3,(H2,23,25,26). The molecule has 0 spiro atoms. The van der Waals surface area contributed by atoms with Crippen LogP contribution in [0.2, 0.25) is 0 Å².